The van der Waals surface area contributed by atoms with Crippen molar-refractivity contribution in [2.45, 2.75) is 19.4 Å². The van der Waals surface area contributed by atoms with Crippen LogP contribution >= 0.6 is 11.6 Å². The van der Waals surface area contributed by atoms with E-state index in [4.69, 9.17) is 16.0 Å². The van der Waals surface area contributed by atoms with Crippen molar-refractivity contribution < 1.29 is 9.21 Å². The number of furan rings is 1. The summed E-state index contributed by atoms with van der Waals surface area (Å²) in [4.78, 5) is 12.0. The number of halogens is 1. The molecule has 1 aromatic heterocycles. The first-order chi connectivity index (χ1) is 11.1. The summed E-state index contributed by atoms with van der Waals surface area (Å²) in [5.74, 6) is 0.844. The third kappa shape index (κ3) is 3.85. The maximum atomic E-state index is 12.0. The van der Waals surface area contributed by atoms with Gasteiger partial charge in [0.2, 0.25) is 0 Å². The average molecular weight is 329 g/mol. The van der Waals surface area contributed by atoms with Crippen molar-refractivity contribution in [1.29, 1.82) is 0 Å². The zero-order chi connectivity index (χ0) is 16.2. The topological polar surface area (TPSA) is 54.3 Å². The van der Waals surface area contributed by atoms with Gasteiger partial charge in [0.1, 0.15) is 11.3 Å². The summed E-state index contributed by atoms with van der Waals surface area (Å²) >= 11 is 6.02. The van der Waals surface area contributed by atoms with Crippen molar-refractivity contribution >= 4 is 34.3 Å². The predicted molar refractivity (Wildman–Crippen MR) is 93.0 cm³/mol. The Morgan fingerprint density at radius 2 is 1.91 bits per heavy atom. The van der Waals surface area contributed by atoms with Gasteiger partial charge < -0.3 is 15.1 Å². The van der Waals surface area contributed by atoms with Gasteiger partial charge in [0.25, 0.3) is 0 Å². The first kappa shape index (κ1) is 15.4. The van der Waals surface area contributed by atoms with Crippen LogP contribution in [0, 0.1) is 0 Å². The number of amides is 2. The second kappa shape index (κ2) is 6.75. The van der Waals surface area contributed by atoms with Crippen molar-refractivity contribution in [2.75, 3.05) is 5.32 Å². The standard InChI is InChI=1S/C18H17ClN2O2/c1-12(10-14-11-13-6-2-5-9-17(13)23-14)20-18(22)21-16-8-4-3-7-15(16)19/h2-9,11-12H,10H2,1H3,(H2,20,21,22)/t12-/m1/s1. The van der Waals surface area contributed by atoms with E-state index in [9.17, 15) is 4.79 Å². The molecule has 0 aliphatic heterocycles. The van der Waals surface area contributed by atoms with Gasteiger partial charge in [-0.2, -0.15) is 0 Å². The lowest BCUT2D eigenvalue weighted by Gasteiger charge is -2.14. The summed E-state index contributed by atoms with van der Waals surface area (Å²) in [5, 5.41) is 7.19. The Hall–Kier alpha value is -2.46. The Balaban J connectivity index is 1.59. The maximum Gasteiger partial charge on any atom is 0.319 e. The number of hydrogen-bond donors (Lipinski definition) is 2. The molecule has 0 radical (unpaired) electrons. The summed E-state index contributed by atoms with van der Waals surface area (Å²) in [7, 11) is 0. The fourth-order valence-electron chi connectivity index (χ4n) is 2.44. The van der Waals surface area contributed by atoms with E-state index in [1.54, 1.807) is 12.1 Å². The van der Waals surface area contributed by atoms with Crippen LogP contribution in [0.4, 0.5) is 10.5 Å². The molecular weight excluding hydrogens is 312 g/mol. The number of nitrogens with one attached hydrogen (secondary N) is 2. The van der Waals surface area contributed by atoms with Gasteiger partial charge in [0.05, 0.1) is 10.7 Å². The number of fused-ring (bicyclic) bond motifs is 1. The van der Waals surface area contributed by atoms with E-state index < -0.39 is 0 Å². The highest BCUT2D eigenvalue weighted by atomic mass is 35.5. The van der Waals surface area contributed by atoms with Crippen LogP contribution < -0.4 is 10.6 Å². The van der Waals surface area contributed by atoms with E-state index in [0.717, 1.165) is 16.7 Å². The third-order valence-electron chi connectivity index (χ3n) is 3.48. The second-order valence-electron chi connectivity index (χ2n) is 5.43. The van der Waals surface area contributed by atoms with Crippen LogP contribution in [0.25, 0.3) is 11.0 Å². The van der Waals surface area contributed by atoms with Gasteiger partial charge >= 0.3 is 6.03 Å². The normalized spacial score (nSPS) is 12.1. The molecule has 4 nitrogen and oxygen atoms in total. The van der Waals surface area contributed by atoms with Crippen LogP contribution in [0.1, 0.15) is 12.7 Å². The molecule has 1 atom stereocenters. The summed E-state index contributed by atoms with van der Waals surface area (Å²) < 4.78 is 5.76. The molecule has 1 heterocycles. The summed E-state index contributed by atoms with van der Waals surface area (Å²) in [5.41, 5.74) is 1.44. The zero-order valence-corrected chi connectivity index (χ0v) is 13.4. The second-order valence-corrected chi connectivity index (χ2v) is 5.84. The highest BCUT2D eigenvalue weighted by Crippen LogP contribution is 2.21. The van der Waals surface area contributed by atoms with Gasteiger partial charge in [-0.05, 0) is 31.2 Å². The Morgan fingerprint density at radius 1 is 1.17 bits per heavy atom. The maximum absolute atomic E-state index is 12.0. The van der Waals surface area contributed by atoms with Crippen molar-refractivity contribution in [3.05, 3.63) is 65.4 Å². The lowest BCUT2D eigenvalue weighted by molar-refractivity contribution is 0.249. The molecule has 0 aliphatic rings. The highest BCUT2D eigenvalue weighted by molar-refractivity contribution is 6.33. The summed E-state index contributed by atoms with van der Waals surface area (Å²) in [6.07, 6.45) is 0.616. The molecular formula is C18H17ClN2O2. The van der Waals surface area contributed by atoms with Crippen molar-refractivity contribution in [2.24, 2.45) is 0 Å². The Kier molecular flexibility index (Phi) is 4.53. The average Bonchev–Trinajstić information content (AvgIpc) is 2.91. The van der Waals surface area contributed by atoms with Gasteiger partial charge in [-0.25, -0.2) is 4.79 Å². The molecule has 2 N–H and O–H groups in total. The fourth-order valence-corrected chi connectivity index (χ4v) is 2.62. The van der Waals surface area contributed by atoms with Crippen LogP contribution in [-0.2, 0) is 6.42 Å². The van der Waals surface area contributed by atoms with Crippen molar-refractivity contribution in [3.8, 4) is 0 Å². The number of carbonyl (C=O) groups is 1. The van der Waals surface area contributed by atoms with E-state index in [1.165, 1.54) is 0 Å². The third-order valence-corrected chi connectivity index (χ3v) is 3.81. The molecule has 5 heteroatoms. The number of urea groups is 1. The molecule has 23 heavy (non-hydrogen) atoms. The molecule has 3 aromatic rings. The molecule has 0 spiro atoms. The number of benzene rings is 2. The minimum Gasteiger partial charge on any atom is -0.461 e. The molecule has 0 unspecified atom stereocenters. The van der Waals surface area contributed by atoms with E-state index in [1.807, 2.05) is 49.4 Å². The molecule has 3 rings (SSSR count). The molecule has 0 aliphatic carbocycles. The largest absolute Gasteiger partial charge is 0.461 e. The monoisotopic (exact) mass is 328 g/mol. The Bertz CT molecular complexity index is 796. The number of para-hydroxylation sites is 2. The number of carbonyl (C=O) groups excluding carboxylic acids is 1. The van der Waals surface area contributed by atoms with Crippen LogP contribution in [0.3, 0.4) is 0 Å². The molecule has 0 fully saturated rings. The summed E-state index contributed by atoms with van der Waals surface area (Å²) in [6, 6.07) is 16.6. The van der Waals surface area contributed by atoms with Gasteiger partial charge in [-0.1, -0.05) is 41.9 Å². The van der Waals surface area contributed by atoms with Gasteiger partial charge in [0.15, 0.2) is 0 Å². The number of rotatable bonds is 4. The van der Waals surface area contributed by atoms with E-state index in [0.29, 0.717) is 17.1 Å². The first-order valence-corrected chi connectivity index (χ1v) is 7.79. The van der Waals surface area contributed by atoms with E-state index >= 15 is 0 Å². The molecule has 118 valence electrons. The van der Waals surface area contributed by atoms with Gasteiger partial charge in [0, 0.05) is 17.8 Å². The van der Waals surface area contributed by atoms with Crippen molar-refractivity contribution in [1.82, 2.24) is 5.32 Å². The van der Waals surface area contributed by atoms with Gasteiger partial charge in [-0.3, -0.25) is 0 Å². The van der Waals surface area contributed by atoms with Crippen molar-refractivity contribution in [3.63, 3.8) is 0 Å². The van der Waals surface area contributed by atoms with Crippen LogP contribution in [0.5, 0.6) is 0 Å². The Labute approximate surface area is 139 Å². The minimum atomic E-state index is -0.290. The predicted octanol–water partition coefficient (Wildman–Crippen LogP) is 4.84. The molecule has 0 saturated heterocycles. The van der Waals surface area contributed by atoms with Crippen LogP contribution in [0.15, 0.2) is 59.0 Å². The number of hydrogen-bond acceptors (Lipinski definition) is 2. The zero-order valence-electron chi connectivity index (χ0n) is 12.7. The first-order valence-electron chi connectivity index (χ1n) is 7.41. The molecule has 2 amide bonds. The lowest BCUT2D eigenvalue weighted by atomic mass is 10.2. The lowest BCUT2D eigenvalue weighted by Crippen LogP contribution is -2.37. The quantitative estimate of drug-likeness (QED) is 0.720. The summed E-state index contributed by atoms with van der Waals surface area (Å²) in [6.45, 7) is 1.93. The molecule has 0 bridgehead atoms. The molecule has 0 saturated carbocycles. The highest BCUT2D eigenvalue weighted by Gasteiger charge is 2.12. The Morgan fingerprint density at radius 3 is 2.70 bits per heavy atom. The smallest absolute Gasteiger partial charge is 0.319 e. The van der Waals surface area contributed by atoms with E-state index in [-0.39, 0.29) is 12.1 Å². The molecule has 2 aromatic carbocycles. The van der Waals surface area contributed by atoms with E-state index in [2.05, 4.69) is 10.6 Å². The van der Waals surface area contributed by atoms with Gasteiger partial charge in [-0.15, -0.1) is 0 Å². The minimum absolute atomic E-state index is 0.0713. The van der Waals surface area contributed by atoms with Crippen LogP contribution in [0.2, 0.25) is 5.02 Å². The fraction of sp³-hybridized carbons (Fsp3) is 0.167. The van der Waals surface area contributed by atoms with Crippen LogP contribution in [-0.4, -0.2) is 12.1 Å². The SMILES string of the molecule is C[C@H](Cc1cc2ccccc2o1)NC(=O)Nc1ccccc1Cl. The number of anilines is 1.